The largest absolute Gasteiger partial charge is 0.454 e. The SMILES string of the molecule is C/C=C/C=C/C(=O)OCC(=O)c1ccc2c(c1)CCN2S(=O)(=O)CC. The Labute approximate surface area is 147 Å². The van der Waals surface area contributed by atoms with Crippen molar-refractivity contribution in [1.29, 1.82) is 0 Å². The van der Waals surface area contributed by atoms with Gasteiger partial charge in [0.1, 0.15) is 0 Å². The molecule has 0 unspecified atom stereocenters. The molecule has 0 N–H and O–H groups in total. The first-order valence-electron chi connectivity index (χ1n) is 8.01. The fourth-order valence-corrected chi connectivity index (χ4v) is 3.66. The zero-order valence-corrected chi connectivity index (χ0v) is 15.1. The van der Waals surface area contributed by atoms with E-state index in [1.807, 2.05) is 6.92 Å². The standard InChI is InChI=1S/C18H21NO5S/c1-3-5-6-7-18(21)24-13-17(20)15-8-9-16-14(12-15)10-11-19(16)25(22,23)4-2/h3,5-9,12H,4,10-11,13H2,1-2H3/b5-3+,7-6+. The molecule has 0 aromatic heterocycles. The van der Waals surface area contributed by atoms with E-state index in [1.54, 1.807) is 37.3 Å². The average molecular weight is 363 g/mol. The van der Waals surface area contributed by atoms with E-state index < -0.39 is 16.0 Å². The van der Waals surface area contributed by atoms with Crippen LogP contribution in [-0.4, -0.2) is 39.1 Å². The van der Waals surface area contributed by atoms with E-state index in [0.717, 1.165) is 5.56 Å². The van der Waals surface area contributed by atoms with Crippen molar-refractivity contribution in [3.8, 4) is 0 Å². The molecule has 0 saturated carbocycles. The van der Waals surface area contributed by atoms with Crippen LogP contribution >= 0.6 is 0 Å². The van der Waals surface area contributed by atoms with Crippen molar-refractivity contribution in [2.45, 2.75) is 20.3 Å². The lowest BCUT2D eigenvalue weighted by Gasteiger charge is -2.18. The number of esters is 1. The molecule has 1 heterocycles. The number of carbonyl (C=O) groups is 2. The predicted octanol–water partition coefficient (Wildman–Crippen LogP) is 2.26. The summed E-state index contributed by atoms with van der Waals surface area (Å²) in [6.45, 7) is 3.45. The number of Topliss-reactive ketones (excluding diaryl/α,β-unsaturated/α-hetero) is 1. The van der Waals surface area contributed by atoms with E-state index in [9.17, 15) is 18.0 Å². The number of fused-ring (bicyclic) bond motifs is 1. The van der Waals surface area contributed by atoms with Crippen LogP contribution < -0.4 is 4.31 Å². The minimum Gasteiger partial charge on any atom is -0.454 e. The first kappa shape index (κ1) is 18.9. The smallest absolute Gasteiger partial charge is 0.331 e. The van der Waals surface area contributed by atoms with Crippen molar-refractivity contribution in [3.05, 3.63) is 53.6 Å². The third-order valence-corrected chi connectivity index (χ3v) is 5.62. The van der Waals surface area contributed by atoms with Crippen LogP contribution in [0.4, 0.5) is 5.69 Å². The molecule has 0 aliphatic carbocycles. The van der Waals surface area contributed by atoms with Gasteiger partial charge in [-0.2, -0.15) is 0 Å². The molecule has 25 heavy (non-hydrogen) atoms. The molecule has 6 nitrogen and oxygen atoms in total. The monoisotopic (exact) mass is 363 g/mol. The van der Waals surface area contributed by atoms with Crippen molar-refractivity contribution in [2.75, 3.05) is 23.2 Å². The number of hydrogen-bond acceptors (Lipinski definition) is 5. The zero-order valence-electron chi connectivity index (χ0n) is 14.3. The van der Waals surface area contributed by atoms with E-state index in [4.69, 9.17) is 4.74 Å². The lowest BCUT2D eigenvalue weighted by molar-refractivity contribution is -0.136. The van der Waals surface area contributed by atoms with E-state index >= 15 is 0 Å². The summed E-state index contributed by atoms with van der Waals surface area (Å²) in [7, 11) is -3.31. The maximum absolute atomic E-state index is 12.2. The van der Waals surface area contributed by atoms with Gasteiger partial charge in [-0.25, -0.2) is 13.2 Å². The van der Waals surface area contributed by atoms with Gasteiger partial charge in [-0.05, 0) is 44.0 Å². The molecule has 134 valence electrons. The van der Waals surface area contributed by atoms with Crippen LogP contribution in [0.15, 0.2) is 42.5 Å². The number of benzene rings is 1. The number of carbonyl (C=O) groups excluding carboxylic acids is 2. The topological polar surface area (TPSA) is 80.8 Å². The molecule has 0 radical (unpaired) electrons. The van der Waals surface area contributed by atoms with Gasteiger partial charge in [-0.1, -0.05) is 18.2 Å². The molecular weight excluding hydrogens is 342 g/mol. The second-order valence-corrected chi connectivity index (χ2v) is 7.66. The van der Waals surface area contributed by atoms with Gasteiger partial charge in [0.2, 0.25) is 10.0 Å². The van der Waals surface area contributed by atoms with Crippen molar-refractivity contribution in [1.82, 2.24) is 0 Å². The summed E-state index contributed by atoms with van der Waals surface area (Å²) in [5.41, 5.74) is 1.83. The highest BCUT2D eigenvalue weighted by molar-refractivity contribution is 7.92. The highest BCUT2D eigenvalue weighted by atomic mass is 32.2. The van der Waals surface area contributed by atoms with Crippen LogP contribution in [-0.2, 0) is 26.0 Å². The van der Waals surface area contributed by atoms with Gasteiger partial charge >= 0.3 is 5.97 Å². The van der Waals surface area contributed by atoms with Crippen molar-refractivity contribution in [2.24, 2.45) is 0 Å². The molecule has 0 amide bonds. The number of ketones is 1. The van der Waals surface area contributed by atoms with Crippen molar-refractivity contribution in [3.63, 3.8) is 0 Å². The minimum atomic E-state index is -3.31. The quantitative estimate of drug-likeness (QED) is 0.321. The molecule has 0 saturated heterocycles. The van der Waals surface area contributed by atoms with E-state index in [1.165, 1.54) is 16.5 Å². The second kappa shape index (κ2) is 8.11. The normalized spacial score (nSPS) is 14.2. The molecule has 0 atom stereocenters. The average Bonchev–Trinajstić information content (AvgIpc) is 3.03. The number of rotatable bonds is 7. The molecule has 0 spiro atoms. The lowest BCUT2D eigenvalue weighted by Crippen LogP contribution is -2.30. The van der Waals surface area contributed by atoms with Gasteiger partial charge in [0.15, 0.2) is 12.4 Å². The summed E-state index contributed by atoms with van der Waals surface area (Å²) >= 11 is 0. The van der Waals surface area contributed by atoms with Crippen LogP contribution in [0.2, 0.25) is 0 Å². The van der Waals surface area contributed by atoms with E-state index in [0.29, 0.717) is 24.2 Å². The Kier molecular flexibility index (Phi) is 6.14. The Balaban J connectivity index is 2.05. The Morgan fingerprint density at radius 2 is 2.04 bits per heavy atom. The van der Waals surface area contributed by atoms with Gasteiger partial charge in [0.05, 0.1) is 11.4 Å². The fraction of sp³-hybridized carbons (Fsp3) is 0.333. The highest BCUT2D eigenvalue weighted by Gasteiger charge is 2.28. The minimum absolute atomic E-state index is 0.0316. The number of hydrogen-bond donors (Lipinski definition) is 0. The summed E-state index contributed by atoms with van der Waals surface area (Å²) in [4.78, 5) is 23.6. The van der Waals surface area contributed by atoms with E-state index in [2.05, 4.69) is 0 Å². The maximum Gasteiger partial charge on any atom is 0.331 e. The Hall–Kier alpha value is -2.41. The van der Waals surface area contributed by atoms with Gasteiger partial charge in [0.25, 0.3) is 0 Å². The number of sulfonamides is 1. The van der Waals surface area contributed by atoms with Crippen molar-refractivity contribution >= 4 is 27.5 Å². The second-order valence-electron chi connectivity index (χ2n) is 5.48. The van der Waals surface area contributed by atoms with Crippen LogP contribution in [0.3, 0.4) is 0 Å². The first-order valence-corrected chi connectivity index (χ1v) is 9.62. The first-order chi connectivity index (χ1) is 11.9. The maximum atomic E-state index is 12.2. The van der Waals surface area contributed by atoms with E-state index in [-0.39, 0.29) is 18.1 Å². The molecule has 1 aliphatic rings. The molecule has 0 bridgehead atoms. The molecular formula is C18H21NO5S. The van der Waals surface area contributed by atoms with Gasteiger partial charge in [-0.15, -0.1) is 0 Å². The highest BCUT2D eigenvalue weighted by Crippen LogP contribution is 2.31. The Bertz CT molecular complexity index is 824. The number of anilines is 1. The number of nitrogens with zero attached hydrogens (tertiary/aromatic N) is 1. The molecule has 0 fully saturated rings. The van der Waals surface area contributed by atoms with Gasteiger partial charge in [-0.3, -0.25) is 9.10 Å². The molecule has 1 aliphatic heterocycles. The third-order valence-electron chi connectivity index (χ3n) is 3.84. The molecule has 1 aromatic carbocycles. The van der Waals surface area contributed by atoms with Crippen LogP contribution in [0.5, 0.6) is 0 Å². The number of ether oxygens (including phenoxy) is 1. The lowest BCUT2D eigenvalue weighted by atomic mass is 10.1. The summed E-state index contributed by atoms with van der Waals surface area (Å²) in [6.07, 6.45) is 6.77. The summed E-state index contributed by atoms with van der Waals surface area (Å²) in [5.74, 6) is -0.885. The third kappa shape index (κ3) is 4.57. The van der Waals surface area contributed by atoms with Gasteiger partial charge < -0.3 is 4.74 Å². The number of allylic oxidation sites excluding steroid dienone is 3. The Morgan fingerprint density at radius 3 is 2.72 bits per heavy atom. The summed E-state index contributed by atoms with van der Waals surface area (Å²) < 4.78 is 30.4. The van der Waals surface area contributed by atoms with Crippen LogP contribution in [0.1, 0.15) is 29.8 Å². The molecule has 1 aromatic rings. The van der Waals surface area contributed by atoms with Gasteiger partial charge in [0, 0.05) is 18.2 Å². The molecule has 7 heteroatoms. The molecule has 2 rings (SSSR count). The zero-order chi connectivity index (χ0) is 18.4. The summed E-state index contributed by atoms with van der Waals surface area (Å²) in [6, 6.07) is 4.87. The van der Waals surface area contributed by atoms with Crippen molar-refractivity contribution < 1.29 is 22.7 Å². The Morgan fingerprint density at radius 1 is 1.28 bits per heavy atom. The summed E-state index contributed by atoms with van der Waals surface area (Å²) in [5, 5.41) is 0. The van der Waals surface area contributed by atoms with Crippen LogP contribution in [0, 0.1) is 0 Å². The fourth-order valence-electron chi connectivity index (χ4n) is 2.50. The van der Waals surface area contributed by atoms with Crippen LogP contribution in [0.25, 0.3) is 0 Å². The predicted molar refractivity (Wildman–Crippen MR) is 96.2 cm³/mol.